The molecule has 0 fully saturated rings. The Bertz CT molecular complexity index is 930. The Morgan fingerprint density at radius 3 is 2.25 bits per heavy atom. The molecular weight excluding hydrogens is 346 g/mol. The first-order valence-corrected chi connectivity index (χ1v) is 9.04. The third kappa shape index (κ3) is 3.55. The van der Waals surface area contributed by atoms with E-state index in [9.17, 15) is 8.42 Å². The van der Waals surface area contributed by atoms with Crippen LogP contribution in [0.5, 0.6) is 0 Å². The molecule has 0 unspecified atom stereocenters. The molecule has 0 bridgehead atoms. The molecule has 0 spiro atoms. The van der Waals surface area contributed by atoms with Crippen LogP contribution in [0.25, 0.3) is 0 Å². The lowest BCUT2D eigenvalue weighted by atomic mass is 10.2. The molecule has 1 aromatic heterocycles. The van der Waals surface area contributed by atoms with Gasteiger partial charge in [0.1, 0.15) is 5.82 Å². The van der Waals surface area contributed by atoms with Crippen LogP contribution >= 0.6 is 11.6 Å². The minimum atomic E-state index is -3.65. The highest BCUT2D eigenvalue weighted by molar-refractivity contribution is 7.91. The number of hydrogen-bond donors (Lipinski definition) is 1. The Kier molecular flexibility index (Phi) is 4.78. The summed E-state index contributed by atoms with van der Waals surface area (Å²) in [6, 6.07) is 18.6. The summed E-state index contributed by atoms with van der Waals surface area (Å²) in [7, 11) is -3.65. The number of rotatable bonds is 5. The topological polar surface area (TPSA) is 72.0 Å². The van der Waals surface area contributed by atoms with Gasteiger partial charge in [-0.1, -0.05) is 48.0 Å². The minimum absolute atomic E-state index is 0.0861. The van der Waals surface area contributed by atoms with Crippen LogP contribution in [0.3, 0.4) is 0 Å². The number of nitrogens with one attached hydrogen (secondary N) is 1. The van der Waals surface area contributed by atoms with Gasteiger partial charge in [0.25, 0.3) is 0 Å². The Morgan fingerprint density at radius 1 is 0.875 bits per heavy atom. The smallest absolute Gasteiger partial charge is 0.225 e. The van der Waals surface area contributed by atoms with Crippen LogP contribution < -0.4 is 5.32 Å². The van der Waals surface area contributed by atoms with Crippen molar-refractivity contribution in [1.82, 2.24) is 10.2 Å². The second-order valence-corrected chi connectivity index (χ2v) is 7.32. The first kappa shape index (κ1) is 16.4. The molecule has 2 aromatic carbocycles. The molecule has 7 heteroatoms. The summed E-state index contributed by atoms with van der Waals surface area (Å²) < 4.78 is 24.9. The lowest BCUT2D eigenvalue weighted by Gasteiger charge is -2.07. The molecular formula is C17H14ClN3O2S. The van der Waals surface area contributed by atoms with Gasteiger partial charge in [0.15, 0.2) is 5.03 Å². The van der Waals surface area contributed by atoms with Crippen LogP contribution in [0.15, 0.2) is 76.7 Å². The third-order valence-corrected chi connectivity index (χ3v) is 5.42. The SMILES string of the molecule is O=S(=O)(c1ccccc1)c1ccc(NCc2ccccc2Cl)nn1. The normalized spacial score (nSPS) is 11.2. The van der Waals surface area contributed by atoms with Gasteiger partial charge in [-0.25, -0.2) is 8.42 Å². The summed E-state index contributed by atoms with van der Waals surface area (Å²) in [5.74, 6) is 0.474. The van der Waals surface area contributed by atoms with E-state index in [1.807, 2.05) is 18.2 Å². The number of benzene rings is 2. The van der Waals surface area contributed by atoms with E-state index < -0.39 is 9.84 Å². The number of sulfone groups is 1. The van der Waals surface area contributed by atoms with Gasteiger partial charge < -0.3 is 5.32 Å². The van der Waals surface area contributed by atoms with Crippen molar-refractivity contribution >= 4 is 27.3 Å². The molecule has 3 rings (SSSR count). The molecule has 0 aliphatic carbocycles. The lowest BCUT2D eigenvalue weighted by Crippen LogP contribution is -2.08. The fourth-order valence-electron chi connectivity index (χ4n) is 2.11. The van der Waals surface area contributed by atoms with Gasteiger partial charge in [0.05, 0.1) is 4.90 Å². The average Bonchev–Trinajstić information content (AvgIpc) is 2.62. The maximum Gasteiger partial charge on any atom is 0.225 e. The molecule has 0 amide bonds. The zero-order valence-electron chi connectivity index (χ0n) is 12.6. The van der Waals surface area contributed by atoms with E-state index in [1.54, 1.807) is 30.3 Å². The van der Waals surface area contributed by atoms with E-state index in [0.29, 0.717) is 17.4 Å². The number of aromatic nitrogens is 2. The van der Waals surface area contributed by atoms with Crippen molar-refractivity contribution < 1.29 is 8.42 Å². The molecule has 122 valence electrons. The zero-order valence-corrected chi connectivity index (χ0v) is 14.1. The van der Waals surface area contributed by atoms with Gasteiger partial charge >= 0.3 is 0 Å². The highest BCUT2D eigenvalue weighted by Crippen LogP contribution is 2.19. The molecule has 0 radical (unpaired) electrons. The highest BCUT2D eigenvalue weighted by atomic mass is 35.5. The molecule has 1 heterocycles. The first-order chi connectivity index (χ1) is 11.6. The van der Waals surface area contributed by atoms with E-state index >= 15 is 0 Å². The van der Waals surface area contributed by atoms with Crippen molar-refractivity contribution in [1.29, 1.82) is 0 Å². The molecule has 0 saturated carbocycles. The first-order valence-electron chi connectivity index (χ1n) is 7.18. The second kappa shape index (κ2) is 6.98. The Hall–Kier alpha value is -2.44. The number of halogens is 1. The van der Waals surface area contributed by atoms with Crippen molar-refractivity contribution in [2.24, 2.45) is 0 Å². The van der Waals surface area contributed by atoms with Gasteiger partial charge in [-0.2, -0.15) is 0 Å². The van der Waals surface area contributed by atoms with E-state index in [4.69, 9.17) is 11.6 Å². The summed E-state index contributed by atoms with van der Waals surface area (Å²) >= 11 is 6.09. The van der Waals surface area contributed by atoms with E-state index in [0.717, 1.165) is 5.56 Å². The molecule has 0 saturated heterocycles. The molecule has 0 aliphatic rings. The third-order valence-electron chi connectivity index (χ3n) is 3.39. The van der Waals surface area contributed by atoms with Crippen molar-refractivity contribution in [3.05, 3.63) is 77.3 Å². The van der Waals surface area contributed by atoms with Crippen LogP contribution in [-0.4, -0.2) is 18.6 Å². The monoisotopic (exact) mass is 359 g/mol. The molecule has 0 aliphatic heterocycles. The highest BCUT2D eigenvalue weighted by Gasteiger charge is 2.19. The van der Waals surface area contributed by atoms with Crippen LogP contribution in [0.1, 0.15) is 5.56 Å². The number of nitrogens with zero attached hydrogens (tertiary/aromatic N) is 2. The van der Waals surface area contributed by atoms with Crippen molar-refractivity contribution in [2.45, 2.75) is 16.5 Å². The van der Waals surface area contributed by atoms with Gasteiger partial charge in [-0.3, -0.25) is 0 Å². The lowest BCUT2D eigenvalue weighted by molar-refractivity contribution is 0.590. The number of anilines is 1. The molecule has 1 N–H and O–H groups in total. The van der Waals surface area contributed by atoms with Crippen molar-refractivity contribution in [3.63, 3.8) is 0 Å². The fourth-order valence-corrected chi connectivity index (χ4v) is 3.46. The van der Waals surface area contributed by atoms with Crippen LogP contribution in [0.2, 0.25) is 5.02 Å². The van der Waals surface area contributed by atoms with E-state index in [-0.39, 0.29) is 9.92 Å². The van der Waals surface area contributed by atoms with Gasteiger partial charge in [-0.05, 0) is 35.9 Å². The average molecular weight is 360 g/mol. The van der Waals surface area contributed by atoms with E-state index in [1.165, 1.54) is 18.2 Å². The molecule has 3 aromatic rings. The predicted molar refractivity (Wildman–Crippen MR) is 92.7 cm³/mol. The van der Waals surface area contributed by atoms with Crippen LogP contribution in [0.4, 0.5) is 5.82 Å². The van der Waals surface area contributed by atoms with Gasteiger partial charge in [-0.15, -0.1) is 10.2 Å². The summed E-state index contributed by atoms with van der Waals surface area (Å²) in [4.78, 5) is 0.191. The molecule has 24 heavy (non-hydrogen) atoms. The Labute approximate surface area is 145 Å². The fraction of sp³-hybridized carbons (Fsp3) is 0.0588. The van der Waals surface area contributed by atoms with E-state index in [2.05, 4.69) is 15.5 Å². The summed E-state index contributed by atoms with van der Waals surface area (Å²) in [6.07, 6.45) is 0. The van der Waals surface area contributed by atoms with Gasteiger partial charge in [0.2, 0.25) is 9.84 Å². The Morgan fingerprint density at radius 2 is 1.58 bits per heavy atom. The van der Waals surface area contributed by atoms with Crippen LogP contribution in [-0.2, 0) is 16.4 Å². The summed E-state index contributed by atoms with van der Waals surface area (Å²) in [5, 5.41) is 11.4. The minimum Gasteiger partial charge on any atom is -0.364 e. The molecule has 0 atom stereocenters. The maximum absolute atomic E-state index is 12.4. The van der Waals surface area contributed by atoms with Crippen molar-refractivity contribution in [3.8, 4) is 0 Å². The van der Waals surface area contributed by atoms with Crippen LogP contribution in [0, 0.1) is 0 Å². The summed E-state index contributed by atoms with van der Waals surface area (Å²) in [5.41, 5.74) is 0.918. The second-order valence-electron chi connectivity index (χ2n) is 5.02. The maximum atomic E-state index is 12.4. The quantitative estimate of drug-likeness (QED) is 0.753. The largest absolute Gasteiger partial charge is 0.364 e. The summed E-state index contributed by atoms with van der Waals surface area (Å²) in [6.45, 7) is 0.471. The standard InChI is InChI=1S/C17H14ClN3O2S/c18-15-9-5-4-6-13(15)12-19-16-10-11-17(21-20-16)24(22,23)14-7-2-1-3-8-14/h1-11H,12H2,(H,19,20). The zero-order chi connectivity index (χ0) is 17.0. The Balaban J connectivity index is 1.75. The van der Waals surface area contributed by atoms with Crippen molar-refractivity contribution in [2.75, 3.05) is 5.32 Å². The number of hydrogen-bond acceptors (Lipinski definition) is 5. The van der Waals surface area contributed by atoms with Gasteiger partial charge in [0, 0.05) is 11.6 Å². The molecule has 5 nitrogen and oxygen atoms in total. The predicted octanol–water partition coefficient (Wildman–Crippen LogP) is 3.57.